The van der Waals surface area contributed by atoms with Crippen molar-refractivity contribution in [2.45, 2.75) is 0 Å². The first-order chi connectivity index (χ1) is 5.33. The summed E-state index contributed by atoms with van der Waals surface area (Å²) >= 11 is 0. The Hall–Kier alpha value is -1.65. The van der Waals surface area contributed by atoms with Gasteiger partial charge in [-0.15, -0.1) is 0 Å². The van der Waals surface area contributed by atoms with Crippen LogP contribution in [0.4, 0.5) is 5.82 Å². The molecule has 2 aromatic rings. The zero-order chi connectivity index (χ0) is 7.84. The van der Waals surface area contributed by atoms with Crippen LogP contribution >= 0.6 is 0 Å². The van der Waals surface area contributed by atoms with Crippen molar-refractivity contribution in [3.63, 3.8) is 0 Å². The number of imidazole rings is 1. The Bertz CT molecular complexity index is 375. The van der Waals surface area contributed by atoms with Crippen LogP contribution in [0.3, 0.4) is 0 Å². The summed E-state index contributed by atoms with van der Waals surface area (Å²) in [7, 11) is 1.55. The first-order valence-corrected chi connectivity index (χ1v) is 3.18. The molecule has 0 aromatic carbocycles. The first kappa shape index (κ1) is 6.09. The molecule has 0 aliphatic carbocycles. The maximum atomic E-state index is 5.59. The lowest BCUT2D eigenvalue weighted by Gasteiger charge is -2.02. The number of nitrogen functional groups attached to an aromatic ring is 1. The quantitative estimate of drug-likeness (QED) is 0.614. The normalized spacial score (nSPS) is 10.6. The standard InChI is InChI=1S/C6H8N4O/c1-11-10-5(7)4-6-8-2-3-9(6)10/h2-4H,7H2,1H3. The highest BCUT2D eigenvalue weighted by molar-refractivity contribution is 5.48. The summed E-state index contributed by atoms with van der Waals surface area (Å²) < 4.78 is 1.72. The number of nitrogens with two attached hydrogens (primary N) is 1. The van der Waals surface area contributed by atoms with Gasteiger partial charge >= 0.3 is 0 Å². The molecule has 0 saturated heterocycles. The minimum atomic E-state index is 0.538. The van der Waals surface area contributed by atoms with Crippen LogP contribution < -0.4 is 10.6 Å². The van der Waals surface area contributed by atoms with Crippen molar-refractivity contribution in [3.8, 4) is 0 Å². The van der Waals surface area contributed by atoms with Gasteiger partial charge in [0.1, 0.15) is 7.11 Å². The zero-order valence-corrected chi connectivity index (χ0v) is 6.06. The van der Waals surface area contributed by atoms with Crippen molar-refractivity contribution in [1.82, 2.24) is 14.3 Å². The third-order valence-corrected chi connectivity index (χ3v) is 1.52. The van der Waals surface area contributed by atoms with E-state index in [9.17, 15) is 0 Å². The number of nitrogens with zero attached hydrogens (tertiary/aromatic N) is 3. The summed E-state index contributed by atoms with van der Waals surface area (Å²) in [4.78, 5) is 10.5. The summed E-state index contributed by atoms with van der Waals surface area (Å²) in [5.74, 6) is 0.538. The van der Waals surface area contributed by atoms with Crippen LogP contribution in [0.1, 0.15) is 0 Å². The number of hydrogen-bond donors (Lipinski definition) is 1. The second kappa shape index (κ2) is 1.91. The van der Waals surface area contributed by atoms with Crippen LogP contribution in [0.25, 0.3) is 5.65 Å². The Morgan fingerprint density at radius 2 is 2.45 bits per heavy atom. The maximum Gasteiger partial charge on any atom is 0.163 e. The van der Waals surface area contributed by atoms with Gasteiger partial charge in [0.2, 0.25) is 0 Å². The molecular weight excluding hydrogens is 144 g/mol. The Morgan fingerprint density at radius 3 is 3.18 bits per heavy atom. The topological polar surface area (TPSA) is 57.5 Å². The summed E-state index contributed by atoms with van der Waals surface area (Å²) in [6.07, 6.45) is 3.46. The van der Waals surface area contributed by atoms with Crippen LogP contribution in [-0.2, 0) is 0 Å². The molecule has 2 rings (SSSR count). The van der Waals surface area contributed by atoms with Gasteiger partial charge in [-0.3, -0.25) is 0 Å². The predicted molar refractivity (Wildman–Crippen MR) is 40.1 cm³/mol. The van der Waals surface area contributed by atoms with E-state index >= 15 is 0 Å². The third-order valence-electron chi connectivity index (χ3n) is 1.52. The third kappa shape index (κ3) is 0.674. The monoisotopic (exact) mass is 152 g/mol. The Labute approximate surface area is 62.9 Å². The molecule has 11 heavy (non-hydrogen) atoms. The minimum Gasteiger partial charge on any atom is -0.399 e. The molecule has 0 saturated carbocycles. The Balaban J connectivity index is 2.80. The predicted octanol–water partition coefficient (Wildman–Crippen LogP) is -0.224. The summed E-state index contributed by atoms with van der Waals surface area (Å²) in [6.45, 7) is 0. The highest BCUT2D eigenvalue weighted by Crippen LogP contribution is 2.07. The van der Waals surface area contributed by atoms with Gasteiger partial charge in [0.15, 0.2) is 11.5 Å². The fraction of sp³-hybridized carbons (Fsp3) is 0.167. The minimum absolute atomic E-state index is 0.538. The largest absolute Gasteiger partial charge is 0.399 e. The average molecular weight is 152 g/mol. The van der Waals surface area contributed by atoms with Crippen LogP contribution in [0.15, 0.2) is 18.5 Å². The molecule has 2 N–H and O–H groups in total. The number of hydrogen-bond acceptors (Lipinski definition) is 3. The van der Waals surface area contributed by atoms with E-state index in [0.717, 1.165) is 5.65 Å². The second-order valence-electron chi connectivity index (χ2n) is 2.15. The molecule has 2 aromatic heterocycles. The molecule has 0 atom stereocenters. The molecule has 5 nitrogen and oxygen atoms in total. The fourth-order valence-corrected chi connectivity index (χ4v) is 1.07. The van der Waals surface area contributed by atoms with Gasteiger partial charge in [0.25, 0.3) is 0 Å². The van der Waals surface area contributed by atoms with Gasteiger partial charge in [0.05, 0.1) is 6.20 Å². The number of anilines is 1. The summed E-state index contributed by atoms with van der Waals surface area (Å²) in [6, 6.07) is 1.74. The Kier molecular flexibility index (Phi) is 1.06. The SMILES string of the molecule is COn1c(N)cc2nccn21. The fourth-order valence-electron chi connectivity index (χ4n) is 1.07. The smallest absolute Gasteiger partial charge is 0.163 e. The van der Waals surface area contributed by atoms with Crippen molar-refractivity contribution >= 4 is 11.5 Å². The zero-order valence-electron chi connectivity index (χ0n) is 6.06. The van der Waals surface area contributed by atoms with Gasteiger partial charge in [0, 0.05) is 12.3 Å². The van der Waals surface area contributed by atoms with Gasteiger partial charge in [-0.05, 0) is 0 Å². The molecular formula is C6H8N4O. The molecule has 0 bridgehead atoms. The second-order valence-corrected chi connectivity index (χ2v) is 2.15. The van der Waals surface area contributed by atoms with Crippen molar-refractivity contribution in [2.75, 3.05) is 12.8 Å². The summed E-state index contributed by atoms with van der Waals surface area (Å²) in [5, 5.41) is 0. The van der Waals surface area contributed by atoms with Crippen molar-refractivity contribution in [2.24, 2.45) is 0 Å². The van der Waals surface area contributed by atoms with Crippen LogP contribution in [0.5, 0.6) is 0 Å². The number of fused-ring (bicyclic) bond motifs is 1. The molecule has 0 amide bonds. The lowest BCUT2D eigenvalue weighted by atomic mass is 10.6. The van der Waals surface area contributed by atoms with Crippen molar-refractivity contribution in [1.29, 1.82) is 0 Å². The number of rotatable bonds is 1. The van der Waals surface area contributed by atoms with E-state index in [1.165, 1.54) is 4.85 Å². The van der Waals surface area contributed by atoms with E-state index in [1.807, 2.05) is 0 Å². The molecule has 0 spiro atoms. The molecule has 0 fully saturated rings. The van der Waals surface area contributed by atoms with E-state index < -0.39 is 0 Å². The van der Waals surface area contributed by atoms with Gasteiger partial charge in [-0.1, -0.05) is 4.85 Å². The van der Waals surface area contributed by atoms with E-state index in [0.29, 0.717) is 5.82 Å². The van der Waals surface area contributed by atoms with E-state index in [1.54, 1.807) is 30.1 Å². The van der Waals surface area contributed by atoms with E-state index in [4.69, 9.17) is 10.6 Å². The lowest BCUT2D eigenvalue weighted by molar-refractivity contribution is 0.129. The molecule has 58 valence electrons. The molecule has 0 unspecified atom stereocenters. The first-order valence-electron chi connectivity index (χ1n) is 3.18. The van der Waals surface area contributed by atoms with Crippen molar-refractivity contribution < 1.29 is 4.84 Å². The molecule has 0 aliphatic heterocycles. The maximum absolute atomic E-state index is 5.59. The molecule has 0 aliphatic rings. The highest BCUT2D eigenvalue weighted by atomic mass is 16.7. The van der Waals surface area contributed by atoms with Crippen molar-refractivity contribution in [3.05, 3.63) is 18.5 Å². The van der Waals surface area contributed by atoms with Gasteiger partial charge in [-0.2, -0.15) is 0 Å². The van der Waals surface area contributed by atoms with Crippen LogP contribution in [-0.4, -0.2) is 21.5 Å². The van der Waals surface area contributed by atoms with Gasteiger partial charge < -0.3 is 10.6 Å². The molecule has 0 radical (unpaired) electrons. The highest BCUT2D eigenvalue weighted by Gasteiger charge is 2.04. The number of aromatic nitrogens is 3. The lowest BCUT2D eigenvalue weighted by Crippen LogP contribution is -2.13. The van der Waals surface area contributed by atoms with Gasteiger partial charge in [-0.25, -0.2) is 9.50 Å². The summed E-state index contributed by atoms with van der Waals surface area (Å²) in [5.41, 5.74) is 6.37. The molecule has 5 heteroatoms. The van der Waals surface area contributed by atoms with E-state index in [2.05, 4.69) is 4.98 Å². The van der Waals surface area contributed by atoms with E-state index in [-0.39, 0.29) is 0 Å². The van der Waals surface area contributed by atoms with Crippen LogP contribution in [0.2, 0.25) is 0 Å². The Morgan fingerprint density at radius 1 is 1.64 bits per heavy atom. The van der Waals surface area contributed by atoms with Crippen LogP contribution in [0, 0.1) is 0 Å². The average Bonchev–Trinajstić information content (AvgIpc) is 2.46. The molecule has 2 heterocycles.